The van der Waals surface area contributed by atoms with Gasteiger partial charge in [-0.1, -0.05) is 12.1 Å². The van der Waals surface area contributed by atoms with Crippen LogP contribution < -0.4 is 14.8 Å². The standard InChI is InChI=1S/C15H19NO2/c1-15(2)7-9-3-6-11-12(16-10-4-5-10)8-17-14(11)13(9)18-15/h3,6,10,12,16H,4-5,7-8H2,1-2H3. The summed E-state index contributed by atoms with van der Waals surface area (Å²) in [4.78, 5) is 0. The van der Waals surface area contributed by atoms with E-state index in [1.165, 1.54) is 24.0 Å². The zero-order chi connectivity index (χ0) is 12.3. The van der Waals surface area contributed by atoms with Gasteiger partial charge in [0, 0.05) is 23.6 Å². The molecule has 1 atom stereocenters. The number of fused-ring (bicyclic) bond motifs is 3. The van der Waals surface area contributed by atoms with Crippen molar-refractivity contribution in [1.82, 2.24) is 5.32 Å². The summed E-state index contributed by atoms with van der Waals surface area (Å²) in [6.45, 7) is 5.01. The zero-order valence-electron chi connectivity index (χ0n) is 11.0. The average molecular weight is 245 g/mol. The van der Waals surface area contributed by atoms with E-state index in [4.69, 9.17) is 9.47 Å². The molecule has 4 rings (SSSR count). The van der Waals surface area contributed by atoms with Gasteiger partial charge in [-0.15, -0.1) is 0 Å². The van der Waals surface area contributed by atoms with E-state index in [0.29, 0.717) is 12.1 Å². The van der Waals surface area contributed by atoms with E-state index in [2.05, 4.69) is 31.3 Å². The first-order valence-corrected chi connectivity index (χ1v) is 6.86. The van der Waals surface area contributed by atoms with Crippen LogP contribution in [0.4, 0.5) is 0 Å². The molecule has 3 nitrogen and oxygen atoms in total. The second-order valence-electron chi connectivity index (χ2n) is 6.32. The van der Waals surface area contributed by atoms with Gasteiger partial charge in [-0.05, 0) is 26.7 Å². The first-order valence-electron chi connectivity index (χ1n) is 6.86. The molecule has 2 heterocycles. The van der Waals surface area contributed by atoms with Gasteiger partial charge in [-0.2, -0.15) is 0 Å². The Bertz CT molecular complexity index is 505. The highest BCUT2D eigenvalue weighted by Gasteiger charge is 2.38. The Balaban J connectivity index is 1.69. The van der Waals surface area contributed by atoms with E-state index >= 15 is 0 Å². The molecule has 96 valence electrons. The average Bonchev–Trinajstić information content (AvgIpc) is 2.92. The van der Waals surface area contributed by atoms with Gasteiger partial charge >= 0.3 is 0 Å². The summed E-state index contributed by atoms with van der Waals surface area (Å²) in [7, 11) is 0. The van der Waals surface area contributed by atoms with Crippen LogP contribution in [0.15, 0.2) is 12.1 Å². The Labute approximate surface area is 107 Å². The SMILES string of the molecule is CC1(C)Cc2ccc3c(c2O1)OCC3NC1CC1. The largest absolute Gasteiger partial charge is 0.487 e. The number of hydrogen-bond donors (Lipinski definition) is 1. The molecule has 2 aliphatic heterocycles. The third-order valence-corrected chi connectivity index (χ3v) is 4.00. The Morgan fingerprint density at radius 1 is 1.22 bits per heavy atom. The highest BCUT2D eigenvalue weighted by Crippen LogP contribution is 2.48. The molecular weight excluding hydrogens is 226 g/mol. The molecule has 0 saturated heterocycles. The molecule has 3 aliphatic rings. The molecule has 1 N–H and O–H groups in total. The maximum Gasteiger partial charge on any atom is 0.166 e. The van der Waals surface area contributed by atoms with Gasteiger partial charge in [-0.25, -0.2) is 0 Å². The molecule has 0 radical (unpaired) electrons. The number of nitrogens with one attached hydrogen (secondary N) is 1. The number of benzene rings is 1. The van der Waals surface area contributed by atoms with Crippen molar-refractivity contribution >= 4 is 0 Å². The Kier molecular flexibility index (Phi) is 2.03. The third kappa shape index (κ3) is 1.61. The molecular formula is C15H19NO2. The van der Waals surface area contributed by atoms with Crippen LogP contribution in [0.5, 0.6) is 11.5 Å². The van der Waals surface area contributed by atoms with E-state index < -0.39 is 0 Å². The normalized spacial score (nSPS) is 27.3. The molecule has 0 spiro atoms. The quantitative estimate of drug-likeness (QED) is 0.868. The van der Waals surface area contributed by atoms with E-state index in [1.807, 2.05) is 0 Å². The Morgan fingerprint density at radius 2 is 2.06 bits per heavy atom. The first-order chi connectivity index (χ1) is 8.62. The lowest BCUT2D eigenvalue weighted by molar-refractivity contribution is 0.133. The topological polar surface area (TPSA) is 30.5 Å². The van der Waals surface area contributed by atoms with Gasteiger partial charge in [0.1, 0.15) is 12.2 Å². The smallest absolute Gasteiger partial charge is 0.166 e. The number of ether oxygens (including phenoxy) is 2. The summed E-state index contributed by atoms with van der Waals surface area (Å²) >= 11 is 0. The minimum absolute atomic E-state index is 0.0944. The summed E-state index contributed by atoms with van der Waals surface area (Å²) in [5.41, 5.74) is 2.46. The van der Waals surface area contributed by atoms with Crippen molar-refractivity contribution in [3.05, 3.63) is 23.3 Å². The lowest BCUT2D eigenvalue weighted by atomic mass is 9.99. The predicted octanol–water partition coefficient (Wildman–Crippen LogP) is 2.59. The van der Waals surface area contributed by atoms with Gasteiger partial charge in [-0.3, -0.25) is 0 Å². The fourth-order valence-electron chi connectivity index (χ4n) is 2.99. The Hall–Kier alpha value is -1.22. The third-order valence-electron chi connectivity index (χ3n) is 4.00. The molecule has 1 fully saturated rings. The van der Waals surface area contributed by atoms with E-state index in [1.54, 1.807) is 0 Å². The van der Waals surface area contributed by atoms with Crippen molar-refractivity contribution in [2.24, 2.45) is 0 Å². The van der Waals surface area contributed by atoms with Crippen LogP contribution in [0.3, 0.4) is 0 Å². The van der Waals surface area contributed by atoms with Gasteiger partial charge in [0.05, 0.1) is 6.04 Å². The van der Waals surface area contributed by atoms with Crippen molar-refractivity contribution < 1.29 is 9.47 Å². The van der Waals surface area contributed by atoms with Crippen molar-refractivity contribution in [1.29, 1.82) is 0 Å². The van der Waals surface area contributed by atoms with Crippen LogP contribution in [-0.4, -0.2) is 18.2 Å². The van der Waals surface area contributed by atoms with Crippen molar-refractivity contribution in [2.75, 3.05) is 6.61 Å². The van der Waals surface area contributed by atoms with Crippen LogP contribution >= 0.6 is 0 Å². The lowest BCUT2D eigenvalue weighted by Crippen LogP contribution is -2.24. The van der Waals surface area contributed by atoms with E-state index in [-0.39, 0.29) is 5.60 Å². The molecule has 0 bridgehead atoms. The van der Waals surface area contributed by atoms with Crippen LogP contribution in [0.25, 0.3) is 0 Å². The minimum atomic E-state index is -0.0944. The minimum Gasteiger partial charge on any atom is -0.487 e. The summed E-state index contributed by atoms with van der Waals surface area (Å²) in [6.07, 6.45) is 3.58. The molecule has 1 aromatic carbocycles. The van der Waals surface area contributed by atoms with E-state index in [9.17, 15) is 0 Å². The fourth-order valence-corrected chi connectivity index (χ4v) is 2.99. The molecule has 3 heteroatoms. The van der Waals surface area contributed by atoms with Gasteiger partial charge in [0.2, 0.25) is 0 Å². The lowest BCUT2D eigenvalue weighted by Gasteiger charge is -2.17. The van der Waals surface area contributed by atoms with E-state index in [0.717, 1.165) is 24.5 Å². The second-order valence-corrected chi connectivity index (χ2v) is 6.32. The second kappa shape index (κ2) is 3.41. The molecule has 0 aromatic heterocycles. The van der Waals surface area contributed by atoms with Crippen LogP contribution in [0.1, 0.15) is 43.9 Å². The molecule has 1 saturated carbocycles. The predicted molar refractivity (Wildman–Crippen MR) is 69.2 cm³/mol. The molecule has 1 unspecified atom stereocenters. The van der Waals surface area contributed by atoms with Crippen molar-refractivity contribution in [3.63, 3.8) is 0 Å². The van der Waals surface area contributed by atoms with Gasteiger partial charge < -0.3 is 14.8 Å². The summed E-state index contributed by atoms with van der Waals surface area (Å²) in [5, 5.41) is 3.64. The maximum absolute atomic E-state index is 6.05. The fraction of sp³-hybridized carbons (Fsp3) is 0.600. The zero-order valence-corrected chi connectivity index (χ0v) is 11.0. The highest BCUT2D eigenvalue weighted by atomic mass is 16.5. The van der Waals surface area contributed by atoms with Gasteiger partial charge in [0.25, 0.3) is 0 Å². The molecule has 0 amide bonds. The molecule has 1 aromatic rings. The first kappa shape index (κ1) is 10.7. The van der Waals surface area contributed by atoms with Crippen molar-refractivity contribution in [2.45, 2.75) is 50.8 Å². The summed E-state index contributed by atoms with van der Waals surface area (Å²) < 4.78 is 11.9. The van der Waals surface area contributed by atoms with Gasteiger partial charge in [0.15, 0.2) is 11.5 Å². The Morgan fingerprint density at radius 3 is 2.83 bits per heavy atom. The molecule has 18 heavy (non-hydrogen) atoms. The number of hydrogen-bond acceptors (Lipinski definition) is 3. The van der Waals surface area contributed by atoms with Crippen LogP contribution in [0.2, 0.25) is 0 Å². The van der Waals surface area contributed by atoms with Crippen LogP contribution in [0, 0.1) is 0 Å². The maximum atomic E-state index is 6.05. The summed E-state index contributed by atoms with van der Waals surface area (Å²) in [6, 6.07) is 5.48. The summed E-state index contributed by atoms with van der Waals surface area (Å²) in [5.74, 6) is 1.97. The van der Waals surface area contributed by atoms with Crippen molar-refractivity contribution in [3.8, 4) is 11.5 Å². The highest BCUT2D eigenvalue weighted by molar-refractivity contribution is 5.57. The number of rotatable bonds is 2. The monoisotopic (exact) mass is 245 g/mol. The van der Waals surface area contributed by atoms with Crippen LogP contribution in [-0.2, 0) is 6.42 Å². The molecule has 1 aliphatic carbocycles.